The zero-order chi connectivity index (χ0) is 24.3. The number of hydrogen-bond donors (Lipinski definition) is 2. The van der Waals surface area contributed by atoms with Crippen molar-refractivity contribution in [3.8, 4) is 5.75 Å². The third kappa shape index (κ3) is 4.88. The molecule has 2 aromatic rings. The minimum Gasteiger partial charge on any atom is -0.497 e. The Balaban J connectivity index is 1.33. The Labute approximate surface area is 198 Å². The molecule has 2 aliphatic rings. The molecule has 2 aliphatic heterocycles. The summed E-state index contributed by atoms with van der Waals surface area (Å²) in [5, 5.41) is 5.44. The van der Waals surface area contributed by atoms with E-state index in [0.717, 1.165) is 28.3 Å². The molecule has 0 aromatic heterocycles. The number of anilines is 2. The monoisotopic (exact) mass is 464 g/mol. The van der Waals surface area contributed by atoms with Crippen LogP contribution in [0.4, 0.5) is 16.2 Å². The summed E-state index contributed by atoms with van der Waals surface area (Å²) in [5.41, 5.74) is 1.23. The lowest BCUT2D eigenvalue weighted by molar-refractivity contribution is -0.133. The number of nitrogens with one attached hydrogen (secondary N) is 2. The van der Waals surface area contributed by atoms with Crippen molar-refractivity contribution in [3.63, 3.8) is 0 Å². The molecule has 0 radical (unpaired) electrons. The fraction of sp³-hybridized carbons (Fsp3) is 0.360. The molecule has 2 saturated heterocycles. The second-order valence-electron chi connectivity index (χ2n) is 8.75. The van der Waals surface area contributed by atoms with E-state index in [0.29, 0.717) is 31.5 Å². The average Bonchev–Trinajstić information content (AvgIpc) is 3.35. The quantitative estimate of drug-likeness (QED) is 0.584. The fourth-order valence-corrected chi connectivity index (χ4v) is 4.24. The molecule has 0 spiro atoms. The molecule has 4 rings (SSSR count). The first-order valence-electron chi connectivity index (χ1n) is 11.3. The molecule has 2 N–H and O–H groups in total. The number of nitrogens with zero attached hydrogens (tertiary/aromatic N) is 2. The summed E-state index contributed by atoms with van der Waals surface area (Å²) in [6.07, 6.45) is 2.36. The van der Waals surface area contributed by atoms with Crippen LogP contribution in [0.1, 0.15) is 31.7 Å². The molecule has 2 fully saturated rings. The van der Waals surface area contributed by atoms with Crippen LogP contribution in [-0.2, 0) is 20.8 Å². The van der Waals surface area contributed by atoms with Gasteiger partial charge in [-0.15, -0.1) is 0 Å². The number of rotatable bonds is 8. The van der Waals surface area contributed by atoms with Gasteiger partial charge in [0.25, 0.3) is 5.91 Å². The lowest BCUT2D eigenvalue weighted by Crippen LogP contribution is -2.45. The van der Waals surface area contributed by atoms with Gasteiger partial charge in [-0.3, -0.25) is 19.3 Å². The van der Waals surface area contributed by atoms with Gasteiger partial charge in [-0.25, -0.2) is 4.79 Å². The number of hydrogen-bond acceptors (Lipinski definition) is 5. The van der Waals surface area contributed by atoms with E-state index in [9.17, 15) is 19.2 Å². The molecule has 0 bridgehead atoms. The van der Waals surface area contributed by atoms with E-state index in [-0.39, 0.29) is 12.5 Å². The molecule has 1 atom stereocenters. The maximum Gasteiger partial charge on any atom is 0.325 e. The van der Waals surface area contributed by atoms with Crippen LogP contribution in [-0.4, -0.2) is 54.4 Å². The summed E-state index contributed by atoms with van der Waals surface area (Å²) in [6.45, 7) is 1.98. The Hall–Kier alpha value is -3.88. The normalized spacial score (nSPS) is 20.0. The van der Waals surface area contributed by atoms with Crippen molar-refractivity contribution in [2.75, 3.05) is 30.4 Å². The van der Waals surface area contributed by atoms with Crippen molar-refractivity contribution < 1.29 is 23.9 Å². The number of imide groups is 1. The smallest absolute Gasteiger partial charge is 0.325 e. The number of benzene rings is 2. The van der Waals surface area contributed by atoms with Crippen LogP contribution >= 0.6 is 0 Å². The maximum absolute atomic E-state index is 13.0. The topological polar surface area (TPSA) is 108 Å². The third-order valence-electron chi connectivity index (χ3n) is 6.26. The number of carbonyl (C=O) groups excluding carboxylic acids is 4. The molecule has 9 nitrogen and oxygen atoms in total. The van der Waals surface area contributed by atoms with Crippen molar-refractivity contribution in [2.24, 2.45) is 0 Å². The summed E-state index contributed by atoms with van der Waals surface area (Å²) in [5.74, 6) is -0.0705. The van der Waals surface area contributed by atoms with Gasteiger partial charge in [0.05, 0.1) is 7.11 Å². The molecule has 0 unspecified atom stereocenters. The predicted octanol–water partition coefficient (Wildman–Crippen LogP) is 2.70. The van der Waals surface area contributed by atoms with Crippen molar-refractivity contribution in [2.45, 2.75) is 38.1 Å². The van der Waals surface area contributed by atoms with E-state index in [4.69, 9.17) is 4.74 Å². The van der Waals surface area contributed by atoms with Gasteiger partial charge < -0.3 is 20.3 Å². The molecule has 0 saturated carbocycles. The van der Waals surface area contributed by atoms with Crippen LogP contribution in [0.15, 0.2) is 48.5 Å². The van der Waals surface area contributed by atoms with Crippen molar-refractivity contribution in [3.05, 3.63) is 54.1 Å². The average molecular weight is 465 g/mol. The van der Waals surface area contributed by atoms with E-state index < -0.39 is 23.4 Å². The van der Waals surface area contributed by atoms with Gasteiger partial charge in [0.15, 0.2) is 0 Å². The number of carbonyl (C=O) groups is 4. The highest BCUT2D eigenvalue weighted by molar-refractivity contribution is 6.10. The Morgan fingerprint density at radius 2 is 1.79 bits per heavy atom. The fourth-order valence-electron chi connectivity index (χ4n) is 4.24. The Kier molecular flexibility index (Phi) is 6.54. The van der Waals surface area contributed by atoms with Gasteiger partial charge in [-0.2, -0.15) is 0 Å². The van der Waals surface area contributed by atoms with Gasteiger partial charge in [-0.1, -0.05) is 12.1 Å². The van der Waals surface area contributed by atoms with Crippen LogP contribution < -0.4 is 20.3 Å². The first kappa shape index (κ1) is 23.3. The second kappa shape index (κ2) is 9.54. The van der Waals surface area contributed by atoms with E-state index in [2.05, 4.69) is 10.6 Å². The minimum atomic E-state index is -1.08. The van der Waals surface area contributed by atoms with Crippen LogP contribution in [0.2, 0.25) is 0 Å². The summed E-state index contributed by atoms with van der Waals surface area (Å²) < 4.78 is 5.15. The Bertz CT molecular complexity index is 1100. The van der Waals surface area contributed by atoms with Gasteiger partial charge in [0, 0.05) is 24.3 Å². The van der Waals surface area contributed by atoms with E-state index >= 15 is 0 Å². The molecule has 2 aromatic carbocycles. The summed E-state index contributed by atoms with van der Waals surface area (Å²) in [6, 6.07) is 13.9. The molecular weight excluding hydrogens is 436 g/mol. The zero-order valence-electron chi connectivity index (χ0n) is 19.3. The molecule has 0 aliphatic carbocycles. The molecule has 178 valence electrons. The van der Waals surface area contributed by atoms with Crippen LogP contribution in [0, 0.1) is 0 Å². The first-order chi connectivity index (χ1) is 16.3. The van der Waals surface area contributed by atoms with Crippen molar-refractivity contribution in [1.82, 2.24) is 10.2 Å². The van der Waals surface area contributed by atoms with Crippen molar-refractivity contribution in [1.29, 1.82) is 0 Å². The number of urea groups is 1. The highest BCUT2D eigenvalue weighted by Gasteiger charge is 2.47. The zero-order valence-corrected chi connectivity index (χ0v) is 19.3. The van der Waals surface area contributed by atoms with E-state index in [1.807, 2.05) is 24.3 Å². The molecular formula is C25H28N4O5. The predicted molar refractivity (Wildman–Crippen MR) is 127 cm³/mol. The van der Waals surface area contributed by atoms with E-state index in [1.54, 1.807) is 43.2 Å². The lowest BCUT2D eigenvalue weighted by Gasteiger charge is -2.21. The van der Waals surface area contributed by atoms with Gasteiger partial charge >= 0.3 is 6.03 Å². The van der Waals surface area contributed by atoms with Crippen molar-refractivity contribution >= 4 is 35.1 Å². The second-order valence-corrected chi connectivity index (χ2v) is 8.75. The summed E-state index contributed by atoms with van der Waals surface area (Å²) >= 11 is 0. The standard InChI is InChI=1S/C25H28N4O5/c1-25(14-13-17-5-11-20(34-2)12-6-17)23(32)29(24(33)27-25)16-21(30)26-18-7-9-19(10-8-18)28-15-3-4-22(28)31/h5-12H,3-4,13-16H2,1-2H3,(H,26,30)(H,27,33)/t25-/m1/s1. The Morgan fingerprint density at radius 3 is 2.41 bits per heavy atom. The van der Waals surface area contributed by atoms with E-state index in [1.165, 1.54) is 0 Å². The number of aryl methyl sites for hydroxylation is 1. The highest BCUT2D eigenvalue weighted by Crippen LogP contribution is 2.25. The largest absolute Gasteiger partial charge is 0.497 e. The summed E-state index contributed by atoms with van der Waals surface area (Å²) in [7, 11) is 1.60. The molecule has 5 amide bonds. The molecule has 2 heterocycles. The number of ether oxygens (including phenoxy) is 1. The molecule has 34 heavy (non-hydrogen) atoms. The molecule has 9 heteroatoms. The van der Waals surface area contributed by atoms with Crippen LogP contribution in [0.25, 0.3) is 0 Å². The number of methoxy groups -OCH3 is 1. The van der Waals surface area contributed by atoms with Crippen LogP contribution in [0.3, 0.4) is 0 Å². The lowest BCUT2D eigenvalue weighted by atomic mass is 9.93. The third-order valence-corrected chi connectivity index (χ3v) is 6.26. The van der Waals surface area contributed by atoms with Crippen LogP contribution in [0.5, 0.6) is 5.75 Å². The minimum absolute atomic E-state index is 0.0883. The maximum atomic E-state index is 13.0. The van der Waals surface area contributed by atoms with Gasteiger partial charge in [0.2, 0.25) is 11.8 Å². The summed E-state index contributed by atoms with van der Waals surface area (Å²) in [4.78, 5) is 52.5. The SMILES string of the molecule is COc1ccc(CC[C@@]2(C)NC(=O)N(CC(=O)Nc3ccc(N4CCCC4=O)cc3)C2=O)cc1. The highest BCUT2D eigenvalue weighted by atomic mass is 16.5. The van der Waals surface area contributed by atoms with Gasteiger partial charge in [0.1, 0.15) is 17.8 Å². The Morgan fingerprint density at radius 1 is 1.09 bits per heavy atom. The first-order valence-corrected chi connectivity index (χ1v) is 11.3. The van der Waals surface area contributed by atoms with Gasteiger partial charge in [-0.05, 0) is 68.1 Å². The number of amides is 5.